The minimum atomic E-state index is -0.0376. The highest BCUT2D eigenvalue weighted by Gasteiger charge is 2.03. The van der Waals surface area contributed by atoms with Crippen molar-refractivity contribution >= 4 is 17.5 Å². The summed E-state index contributed by atoms with van der Waals surface area (Å²) in [5.41, 5.74) is 0.716. The highest BCUT2D eigenvalue weighted by molar-refractivity contribution is 6.31. The van der Waals surface area contributed by atoms with Crippen molar-refractivity contribution in [2.24, 2.45) is 0 Å². The molecule has 0 saturated heterocycles. The Hall–Kier alpha value is -1.22. The average molecular weight is 214 g/mol. The van der Waals surface area contributed by atoms with Gasteiger partial charge in [-0.05, 0) is 23.8 Å². The molecule has 1 aromatic carbocycles. The van der Waals surface area contributed by atoms with Crippen molar-refractivity contribution in [2.75, 3.05) is 0 Å². The summed E-state index contributed by atoms with van der Waals surface area (Å²) in [5, 5.41) is 12.4. The van der Waals surface area contributed by atoms with E-state index >= 15 is 0 Å². The first-order valence-electron chi connectivity index (χ1n) is 4.37. The van der Waals surface area contributed by atoms with Crippen LogP contribution in [0.4, 0.5) is 0 Å². The lowest BCUT2D eigenvalue weighted by Crippen LogP contribution is -2.21. The molecular formula is C10H12ClNO2. The summed E-state index contributed by atoms with van der Waals surface area (Å²) in [6.07, 6.45) is 0.441. The van der Waals surface area contributed by atoms with Crippen LogP contribution in [-0.2, 0) is 11.3 Å². The first-order chi connectivity index (χ1) is 6.63. The van der Waals surface area contributed by atoms with Crippen LogP contribution in [0.3, 0.4) is 0 Å². The minimum Gasteiger partial charge on any atom is -0.508 e. The molecule has 0 atom stereocenters. The van der Waals surface area contributed by atoms with Crippen LogP contribution in [0.15, 0.2) is 18.2 Å². The Morgan fingerprint density at radius 3 is 2.93 bits per heavy atom. The molecule has 1 aromatic rings. The smallest absolute Gasteiger partial charge is 0.219 e. The van der Waals surface area contributed by atoms with E-state index in [2.05, 4.69) is 5.32 Å². The van der Waals surface area contributed by atoms with Gasteiger partial charge in [0, 0.05) is 18.0 Å². The maximum absolute atomic E-state index is 11.0. The van der Waals surface area contributed by atoms with Crippen LogP contribution in [0.5, 0.6) is 5.75 Å². The lowest BCUT2D eigenvalue weighted by atomic mass is 10.2. The van der Waals surface area contributed by atoms with Gasteiger partial charge in [0.2, 0.25) is 5.91 Å². The highest BCUT2D eigenvalue weighted by atomic mass is 35.5. The van der Waals surface area contributed by atoms with Gasteiger partial charge in [-0.1, -0.05) is 18.5 Å². The number of phenols is 1. The molecular weight excluding hydrogens is 202 g/mol. The Morgan fingerprint density at radius 2 is 2.29 bits per heavy atom. The Morgan fingerprint density at radius 1 is 1.57 bits per heavy atom. The van der Waals surface area contributed by atoms with Crippen molar-refractivity contribution < 1.29 is 9.90 Å². The fourth-order valence-corrected chi connectivity index (χ4v) is 1.20. The molecule has 0 aliphatic carbocycles. The van der Waals surface area contributed by atoms with E-state index in [1.807, 2.05) is 0 Å². The van der Waals surface area contributed by atoms with Gasteiger partial charge in [0.1, 0.15) is 5.75 Å². The predicted molar refractivity (Wildman–Crippen MR) is 55.3 cm³/mol. The molecule has 0 radical (unpaired) electrons. The quantitative estimate of drug-likeness (QED) is 0.808. The number of carbonyl (C=O) groups is 1. The van der Waals surface area contributed by atoms with E-state index < -0.39 is 0 Å². The number of hydrogen-bond acceptors (Lipinski definition) is 2. The van der Waals surface area contributed by atoms with Crippen LogP contribution in [0.25, 0.3) is 0 Å². The van der Waals surface area contributed by atoms with Crippen molar-refractivity contribution in [3.05, 3.63) is 28.8 Å². The number of amides is 1. The number of carbonyl (C=O) groups excluding carboxylic acids is 1. The van der Waals surface area contributed by atoms with Gasteiger partial charge < -0.3 is 10.4 Å². The molecule has 0 saturated carbocycles. The minimum absolute atomic E-state index is 0.0376. The van der Waals surface area contributed by atoms with Gasteiger partial charge in [-0.15, -0.1) is 0 Å². The number of benzene rings is 1. The van der Waals surface area contributed by atoms with Crippen LogP contribution < -0.4 is 5.32 Å². The van der Waals surface area contributed by atoms with Crippen LogP contribution in [0.1, 0.15) is 18.9 Å². The van der Waals surface area contributed by atoms with E-state index in [0.29, 0.717) is 23.6 Å². The summed E-state index contributed by atoms with van der Waals surface area (Å²) in [4.78, 5) is 11.0. The van der Waals surface area contributed by atoms with Gasteiger partial charge in [-0.2, -0.15) is 0 Å². The van der Waals surface area contributed by atoms with E-state index in [0.717, 1.165) is 0 Å². The van der Waals surface area contributed by atoms with Crippen LogP contribution in [0.2, 0.25) is 5.02 Å². The first kappa shape index (κ1) is 10.9. The van der Waals surface area contributed by atoms with Crippen molar-refractivity contribution in [1.29, 1.82) is 0 Å². The summed E-state index contributed by atoms with van der Waals surface area (Å²) in [6, 6.07) is 4.65. The molecule has 0 unspecified atom stereocenters. The third kappa shape index (κ3) is 2.92. The second-order valence-corrected chi connectivity index (χ2v) is 3.31. The number of nitrogens with one attached hydrogen (secondary N) is 1. The predicted octanol–water partition coefficient (Wildman–Crippen LogP) is 2.07. The third-order valence-electron chi connectivity index (χ3n) is 1.83. The number of phenolic OH excluding ortho intramolecular Hbond substituents is 1. The van der Waals surface area contributed by atoms with Crippen molar-refractivity contribution in [3.63, 3.8) is 0 Å². The normalized spacial score (nSPS) is 9.86. The van der Waals surface area contributed by atoms with E-state index in [9.17, 15) is 9.90 Å². The molecule has 3 nitrogen and oxygen atoms in total. The number of halogens is 1. The van der Waals surface area contributed by atoms with E-state index in [-0.39, 0.29) is 11.7 Å². The maximum atomic E-state index is 11.0. The molecule has 0 aliphatic rings. The van der Waals surface area contributed by atoms with Gasteiger partial charge in [-0.3, -0.25) is 4.79 Å². The van der Waals surface area contributed by atoms with Gasteiger partial charge in [0.15, 0.2) is 0 Å². The Bertz CT molecular complexity index is 339. The van der Waals surface area contributed by atoms with Crippen molar-refractivity contribution in [1.82, 2.24) is 5.32 Å². The number of rotatable bonds is 3. The summed E-state index contributed by atoms with van der Waals surface area (Å²) < 4.78 is 0. The molecule has 4 heteroatoms. The first-order valence-corrected chi connectivity index (χ1v) is 4.75. The molecule has 2 N–H and O–H groups in total. The van der Waals surface area contributed by atoms with Gasteiger partial charge >= 0.3 is 0 Å². The van der Waals surface area contributed by atoms with Crippen molar-refractivity contribution in [2.45, 2.75) is 19.9 Å². The fourth-order valence-electron chi connectivity index (χ4n) is 1.02. The lowest BCUT2D eigenvalue weighted by Gasteiger charge is -2.06. The van der Waals surface area contributed by atoms with Crippen molar-refractivity contribution in [3.8, 4) is 5.75 Å². The molecule has 0 aromatic heterocycles. The monoisotopic (exact) mass is 213 g/mol. The number of aromatic hydroxyl groups is 1. The average Bonchev–Trinajstić information content (AvgIpc) is 2.19. The molecule has 1 rings (SSSR count). The summed E-state index contributed by atoms with van der Waals surface area (Å²) in [5.74, 6) is 0.111. The zero-order chi connectivity index (χ0) is 10.6. The number of hydrogen-bond donors (Lipinski definition) is 2. The molecule has 0 heterocycles. The Labute approximate surface area is 87.7 Å². The van der Waals surface area contributed by atoms with Crippen LogP contribution in [0, 0.1) is 0 Å². The molecule has 0 spiro atoms. The summed E-state index contributed by atoms with van der Waals surface area (Å²) in [6.45, 7) is 2.12. The standard InChI is InChI=1S/C10H12ClNO2/c1-2-10(14)12-6-7-5-8(13)3-4-9(7)11/h3-5,13H,2,6H2,1H3,(H,12,14). The molecule has 0 aliphatic heterocycles. The molecule has 0 bridgehead atoms. The van der Waals surface area contributed by atoms with Gasteiger partial charge in [0.25, 0.3) is 0 Å². The zero-order valence-electron chi connectivity index (χ0n) is 7.88. The van der Waals surface area contributed by atoms with Gasteiger partial charge in [0.05, 0.1) is 0 Å². The summed E-state index contributed by atoms with van der Waals surface area (Å²) >= 11 is 5.86. The third-order valence-corrected chi connectivity index (χ3v) is 2.20. The van der Waals surface area contributed by atoms with E-state index in [1.165, 1.54) is 12.1 Å². The SMILES string of the molecule is CCC(=O)NCc1cc(O)ccc1Cl. The lowest BCUT2D eigenvalue weighted by molar-refractivity contribution is -0.120. The van der Waals surface area contributed by atoms with Crippen LogP contribution >= 0.6 is 11.6 Å². The molecule has 1 amide bonds. The topological polar surface area (TPSA) is 49.3 Å². The van der Waals surface area contributed by atoms with Crippen LogP contribution in [-0.4, -0.2) is 11.0 Å². The molecule has 14 heavy (non-hydrogen) atoms. The maximum Gasteiger partial charge on any atom is 0.219 e. The Kier molecular flexibility index (Phi) is 3.77. The second-order valence-electron chi connectivity index (χ2n) is 2.91. The Balaban J connectivity index is 2.66. The van der Waals surface area contributed by atoms with Gasteiger partial charge in [-0.25, -0.2) is 0 Å². The highest BCUT2D eigenvalue weighted by Crippen LogP contribution is 2.20. The summed E-state index contributed by atoms with van der Waals surface area (Å²) in [7, 11) is 0. The second kappa shape index (κ2) is 4.86. The fraction of sp³-hybridized carbons (Fsp3) is 0.300. The largest absolute Gasteiger partial charge is 0.508 e. The molecule has 76 valence electrons. The van der Waals surface area contributed by atoms with E-state index in [1.54, 1.807) is 13.0 Å². The zero-order valence-corrected chi connectivity index (χ0v) is 8.64. The molecule has 0 fully saturated rings. The van der Waals surface area contributed by atoms with E-state index in [4.69, 9.17) is 11.6 Å².